The lowest BCUT2D eigenvalue weighted by molar-refractivity contribution is 0.280. The Hall–Kier alpha value is -1.06. The topological polar surface area (TPSA) is 55.5 Å². The smallest absolute Gasteiger partial charge is 0.122 e. The van der Waals surface area contributed by atoms with E-state index in [-0.39, 0.29) is 12.6 Å². The first kappa shape index (κ1) is 10.5. The zero-order valence-corrected chi connectivity index (χ0v) is 8.78. The van der Waals surface area contributed by atoms with Gasteiger partial charge in [-0.25, -0.2) is 0 Å². The average molecular weight is 207 g/mol. The molecule has 0 fully saturated rings. The molecule has 0 aromatic heterocycles. The second-order valence-corrected chi connectivity index (χ2v) is 3.94. The van der Waals surface area contributed by atoms with Crippen LogP contribution in [0.2, 0.25) is 0 Å². The van der Waals surface area contributed by atoms with E-state index in [1.807, 2.05) is 12.1 Å². The van der Waals surface area contributed by atoms with Crippen LogP contribution >= 0.6 is 0 Å². The zero-order valence-electron chi connectivity index (χ0n) is 8.78. The summed E-state index contributed by atoms with van der Waals surface area (Å²) in [6, 6.07) is 6.18. The molecule has 1 aliphatic rings. The van der Waals surface area contributed by atoms with Crippen molar-refractivity contribution in [2.75, 3.05) is 13.2 Å². The Labute approximate surface area is 89.9 Å². The Kier molecular flexibility index (Phi) is 3.23. The summed E-state index contributed by atoms with van der Waals surface area (Å²) in [7, 11) is 0. The standard InChI is InChI=1S/C12H17NO2/c13-11(2-1-6-14)9-3-4-12-10(8-9)5-7-15-12/h3-4,8,11,14H,1-2,5-7,13H2. The Bertz CT molecular complexity index is 338. The minimum absolute atomic E-state index is 0.0306. The first-order valence-electron chi connectivity index (χ1n) is 5.43. The molecule has 3 N–H and O–H groups in total. The molecule has 2 rings (SSSR count). The highest BCUT2D eigenvalue weighted by atomic mass is 16.5. The molecule has 1 aliphatic heterocycles. The Morgan fingerprint density at radius 1 is 1.47 bits per heavy atom. The van der Waals surface area contributed by atoms with E-state index in [0.29, 0.717) is 0 Å². The predicted molar refractivity (Wildman–Crippen MR) is 58.9 cm³/mol. The van der Waals surface area contributed by atoms with Gasteiger partial charge in [0.05, 0.1) is 6.61 Å². The molecule has 0 spiro atoms. The van der Waals surface area contributed by atoms with Crippen LogP contribution in [0.25, 0.3) is 0 Å². The maximum Gasteiger partial charge on any atom is 0.122 e. The van der Waals surface area contributed by atoms with Crippen molar-refractivity contribution in [3.63, 3.8) is 0 Å². The van der Waals surface area contributed by atoms with Gasteiger partial charge in [0.2, 0.25) is 0 Å². The summed E-state index contributed by atoms with van der Waals surface area (Å²) < 4.78 is 5.43. The molecule has 0 saturated heterocycles. The number of rotatable bonds is 4. The fourth-order valence-electron chi connectivity index (χ4n) is 1.92. The first-order chi connectivity index (χ1) is 7.31. The molecule has 1 aromatic carbocycles. The molecule has 0 aliphatic carbocycles. The van der Waals surface area contributed by atoms with Crippen molar-refractivity contribution in [3.05, 3.63) is 29.3 Å². The van der Waals surface area contributed by atoms with Crippen molar-refractivity contribution in [3.8, 4) is 5.75 Å². The van der Waals surface area contributed by atoms with Gasteiger partial charge in [0, 0.05) is 19.1 Å². The zero-order chi connectivity index (χ0) is 10.7. The molecule has 15 heavy (non-hydrogen) atoms. The molecule has 1 unspecified atom stereocenters. The maximum absolute atomic E-state index is 8.74. The highest BCUT2D eigenvalue weighted by Gasteiger charge is 2.14. The number of aliphatic hydroxyl groups is 1. The molecule has 0 amide bonds. The van der Waals surface area contributed by atoms with Crippen LogP contribution in [0.4, 0.5) is 0 Å². The number of fused-ring (bicyclic) bond motifs is 1. The molecule has 82 valence electrons. The maximum atomic E-state index is 8.74. The molecule has 3 heteroatoms. The van der Waals surface area contributed by atoms with Crippen LogP contribution in [0.15, 0.2) is 18.2 Å². The van der Waals surface area contributed by atoms with Gasteiger partial charge in [0.25, 0.3) is 0 Å². The van der Waals surface area contributed by atoms with Gasteiger partial charge in [-0.05, 0) is 30.0 Å². The van der Waals surface area contributed by atoms with Crippen LogP contribution in [-0.4, -0.2) is 18.3 Å². The van der Waals surface area contributed by atoms with Gasteiger partial charge in [0.1, 0.15) is 5.75 Å². The normalized spacial score (nSPS) is 15.9. The van der Waals surface area contributed by atoms with Crippen LogP contribution < -0.4 is 10.5 Å². The molecular formula is C12H17NO2. The third-order valence-corrected chi connectivity index (χ3v) is 2.81. The van der Waals surface area contributed by atoms with Crippen molar-refractivity contribution < 1.29 is 9.84 Å². The Morgan fingerprint density at radius 2 is 2.33 bits per heavy atom. The highest BCUT2D eigenvalue weighted by molar-refractivity contribution is 5.40. The van der Waals surface area contributed by atoms with Gasteiger partial charge in [-0.15, -0.1) is 0 Å². The second-order valence-electron chi connectivity index (χ2n) is 3.94. The van der Waals surface area contributed by atoms with Gasteiger partial charge in [0.15, 0.2) is 0 Å². The van der Waals surface area contributed by atoms with E-state index in [1.165, 1.54) is 5.56 Å². The van der Waals surface area contributed by atoms with Crippen LogP contribution in [0.3, 0.4) is 0 Å². The van der Waals surface area contributed by atoms with Crippen molar-refractivity contribution >= 4 is 0 Å². The van der Waals surface area contributed by atoms with Gasteiger partial charge in [-0.1, -0.05) is 12.1 Å². The van der Waals surface area contributed by atoms with Crippen LogP contribution in [0.1, 0.15) is 30.0 Å². The quantitative estimate of drug-likeness (QED) is 0.784. The lowest BCUT2D eigenvalue weighted by Gasteiger charge is -2.12. The van der Waals surface area contributed by atoms with Crippen molar-refractivity contribution in [2.45, 2.75) is 25.3 Å². The lowest BCUT2D eigenvalue weighted by Crippen LogP contribution is -2.10. The van der Waals surface area contributed by atoms with E-state index in [9.17, 15) is 0 Å². The fourth-order valence-corrected chi connectivity index (χ4v) is 1.92. The molecule has 0 saturated carbocycles. The van der Waals surface area contributed by atoms with Crippen molar-refractivity contribution in [1.29, 1.82) is 0 Å². The molecule has 1 aromatic rings. The Balaban J connectivity index is 2.08. The minimum atomic E-state index is 0.0306. The predicted octanol–water partition coefficient (Wildman–Crippen LogP) is 1.39. The van der Waals surface area contributed by atoms with E-state index < -0.39 is 0 Å². The third kappa shape index (κ3) is 2.30. The van der Waals surface area contributed by atoms with Gasteiger partial charge < -0.3 is 15.6 Å². The fraction of sp³-hybridized carbons (Fsp3) is 0.500. The number of nitrogens with two attached hydrogens (primary N) is 1. The van der Waals surface area contributed by atoms with E-state index in [1.54, 1.807) is 0 Å². The van der Waals surface area contributed by atoms with Gasteiger partial charge in [-0.3, -0.25) is 0 Å². The summed E-state index contributed by atoms with van der Waals surface area (Å²) in [5.74, 6) is 0.994. The first-order valence-corrected chi connectivity index (χ1v) is 5.43. The molecule has 1 heterocycles. The van der Waals surface area contributed by atoms with Crippen LogP contribution in [0, 0.1) is 0 Å². The number of hydrogen-bond donors (Lipinski definition) is 2. The number of aliphatic hydroxyl groups excluding tert-OH is 1. The van der Waals surface area contributed by atoms with E-state index >= 15 is 0 Å². The molecule has 3 nitrogen and oxygen atoms in total. The summed E-state index contributed by atoms with van der Waals surface area (Å²) >= 11 is 0. The SMILES string of the molecule is NC(CCCO)c1ccc2c(c1)CCO2. The summed E-state index contributed by atoms with van der Waals surface area (Å²) in [6.45, 7) is 0.992. The second kappa shape index (κ2) is 4.64. The number of benzene rings is 1. The van der Waals surface area contributed by atoms with Crippen LogP contribution in [-0.2, 0) is 6.42 Å². The number of hydrogen-bond acceptors (Lipinski definition) is 3. The summed E-state index contributed by atoms with van der Waals surface area (Å²) in [5, 5.41) is 8.74. The molecule has 0 bridgehead atoms. The third-order valence-electron chi connectivity index (χ3n) is 2.81. The van der Waals surface area contributed by atoms with Crippen molar-refractivity contribution in [1.82, 2.24) is 0 Å². The minimum Gasteiger partial charge on any atom is -0.493 e. The van der Waals surface area contributed by atoms with Gasteiger partial charge >= 0.3 is 0 Å². The average Bonchev–Trinajstić information content (AvgIpc) is 2.72. The monoisotopic (exact) mass is 207 g/mol. The molecular weight excluding hydrogens is 190 g/mol. The van der Waals surface area contributed by atoms with Crippen LogP contribution in [0.5, 0.6) is 5.75 Å². The number of ether oxygens (including phenoxy) is 1. The summed E-state index contributed by atoms with van der Waals surface area (Å²) in [6.07, 6.45) is 2.57. The molecule has 1 atom stereocenters. The summed E-state index contributed by atoms with van der Waals surface area (Å²) in [5.41, 5.74) is 8.43. The van der Waals surface area contributed by atoms with Gasteiger partial charge in [-0.2, -0.15) is 0 Å². The largest absolute Gasteiger partial charge is 0.493 e. The van der Waals surface area contributed by atoms with E-state index in [4.69, 9.17) is 15.6 Å². The Morgan fingerprint density at radius 3 is 3.13 bits per heavy atom. The summed E-state index contributed by atoms with van der Waals surface area (Å²) in [4.78, 5) is 0. The van der Waals surface area contributed by atoms with Crippen molar-refractivity contribution in [2.24, 2.45) is 5.73 Å². The highest BCUT2D eigenvalue weighted by Crippen LogP contribution is 2.28. The lowest BCUT2D eigenvalue weighted by atomic mass is 10.00. The van der Waals surface area contributed by atoms with E-state index in [0.717, 1.165) is 37.2 Å². The molecule has 0 radical (unpaired) electrons. The van der Waals surface area contributed by atoms with E-state index in [2.05, 4.69) is 6.07 Å².